The molecular weight excluding hydrogens is 521 g/mol. The van der Waals surface area contributed by atoms with Crippen LogP contribution < -0.4 is 4.74 Å². The summed E-state index contributed by atoms with van der Waals surface area (Å²) >= 11 is 0. The van der Waals surface area contributed by atoms with Gasteiger partial charge in [0.15, 0.2) is 11.6 Å². The van der Waals surface area contributed by atoms with E-state index in [1.165, 1.54) is 43.7 Å². The summed E-state index contributed by atoms with van der Waals surface area (Å²) in [4.78, 5) is 4.63. The van der Waals surface area contributed by atoms with Gasteiger partial charge in [-0.1, -0.05) is 75.1 Å². The quantitative estimate of drug-likeness (QED) is 0.121. The zero-order valence-electron chi connectivity index (χ0n) is 22.7. The largest absolute Gasteiger partial charge is 0.573 e. The molecule has 0 radical (unpaired) electrons. The maximum atomic E-state index is 15.2. The van der Waals surface area contributed by atoms with Gasteiger partial charge in [0, 0.05) is 17.3 Å². The summed E-state index contributed by atoms with van der Waals surface area (Å²) in [6.45, 7) is 2.22. The van der Waals surface area contributed by atoms with Gasteiger partial charge in [0.1, 0.15) is 5.82 Å². The smallest absolute Gasteiger partial charge is 0.403 e. The van der Waals surface area contributed by atoms with Crippen molar-refractivity contribution in [1.29, 1.82) is 0 Å². The van der Waals surface area contributed by atoms with Crippen LogP contribution in [0.5, 0.6) is 5.75 Å². The van der Waals surface area contributed by atoms with Crippen LogP contribution >= 0.6 is 0 Å². The fraction of sp³-hybridized carbons (Fsp3) is 0.364. The number of alkyl halides is 3. The van der Waals surface area contributed by atoms with Gasteiger partial charge >= 0.3 is 6.36 Å². The lowest BCUT2D eigenvalue weighted by atomic mass is 9.97. The Kier molecular flexibility index (Phi) is 10.1. The lowest BCUT2D eigenvalue weighted by Gasteiger charge is -2.11. The van der Waals surface area contributed by atoms with Crippen molar-refractivity contribution in [2.75, 3.05) is 0 Å². The number of halogens is 5. The fourth-order valence-electron chi connectivity index (χ4n) is 4.88. The van der Waals surface area contributed by atoms with Crippen molar-refractivity contribution in [3.63, 3.8) is 0 Å². The SMILES string of the molecule is CCCCCCCc1ccc(CCc2ccc3c(F)c(CCc4ccc(OC(F)(F)F)c(F)c4)ccc3c2)nc1. The summed E-state index contributed by atoms with van der Waals surface area (Å²) in [7, 11) is 0. The molecule has 0 spiro atoms. The van der Waals surface area contributed by atoms with Gasteiger partial charge < -0.3 is 4.74 Å². The Morgan fingerprint density at radius 1 is 0.700 bits per heavy atom. The van der Waals surface area contributed by atoms with E-state index in [0.29, 0.717) is 16.5 Å². The van der Waals surface area contributed by atoms with Crippen LogP contribution in [0.15, 0.2) is 66.9 Å². The standard InChI is InChI=1S/C33H34F5NO/c1-2-3-4-5-6-7-25-10-17-28(39-22-25)16-9-23-11-18-29-27(20-23)15-14-26(32(29)35)13-8-24-12-19-31(30(34)21-24)40-33(36,37)38/h10-12,14-15,17-22H,2-9,13,16H2,1H3. The van der Waals surface area contributed by atoms with E-state index in [9.17, 15) is 17.6 Å². The maximum absolute atomic E-state index is 15.2. The number of aromatic nitrogens is 1. The number of aryl methyl sites for hydroxylation is 5. The summed E-state index contributed by atoms with van der Waals surface area (Å²) in [6, 6.07) is 16.8. The van der Waals surface area contributed by atoms with Crippen LogP contribution in [0, 0.1) is 11.6 Å². The van der Waals surface area contributed by atoms with Gasteiger partial charge in [-0.3, -0.25) is 4.98 Å². The van der Waals surface area contributed by atoms with E-state index in [1.807, 2.05) is 24.4 Å². The molecule has 0 atom stereocenters. The molecular formula is C33H34F5NO. The molecule has 0 aliphatic heterocycles. The van der Waals surface area contributed by atoms with Gasteiger partial charge in [-0.05, 0) is 84.4 Å². The van der Waals surface area contributed by atoms with Crippen molar-refractivity contribution in [2.24, 2.45) is 0 Å². The second-order valence-corrected chi connectivity index (χ2v) is 10.2. The first-order chi connectivity index (χ1) is 19.2. The number of ether oxygens (including phenoxy) is 1. The van der Waals surface area contributed by atoms with Crippen LogP contribution in [0.4, 0.5) is 22.0 Å². The first-order valence-electron chi connectivity index (χ1n) is 13.9. The summed E-state index contributed by atoms with van der Waals surface area (Å²) in [6.07, 6.45) is 6.52. The Labute approximate surface area is 232 Å². The molecule has 0 bridgehead atoms. The number of unbranched alkanes of at least 4 members (excludes halogenated alkanes) is 4. The van der Waals surface area contributed by atoms with Crippen molar-refractivity contribution in [2.45, 2.75) is 77.5 Å². The van der Waals surface area contributed by atoms with E-state index >= 15 is 4.39 Å². The Bertz CT molecular complexity index is 1400. The molecule has 0 saturated heterocycles. The van der Waals surface area contributed by atoms with Crippen molar-refractivity contribution in [1.82, 2.24) is 4.98 Å². The molecule has 0 aliphatic carbocycles. The molecule has 1 aromatic heterocycles. The third-order valence-corrected chi connectivity index (χ3v) is 7.13. The van der Waals surface area contributed by atoms with E-state index in [0.717, 1.165) is 48.0 Å². The zero-order chi connectivity index (χ0) is 28.5. The number of rotatable bonds is 13. The lowest BCUT2D eigenvalue weighted by molar-refractivity contribution is -0.275. The van der Waals surface area contributed by atoms with E-state index in [2.05, 4.69) is 28.8 Å². The monoisotopic (exact) mass is 555 g/mol. The van der Waals surface area contributed by atoms with Crippen molar-refractivity contribution >= 4 is 10.8 Å². The van der Waals surface area contributed by atoms with E-state index in [1.54, 1.807) is 12.1 Å². The zero-order valence-corrected chi connectivity index (χ0v) is 22.7. The number of fused-ring (bicyclic) bond motifs is 1. The molecule has 4 rings (SSSR count). The molecule has 0 fully saturated rings. The minimum absolute atomic E-state index is 0.272. The van der Waals surface area contributed by atoms with Crippen molar-refractivity contribution in [3.8, 4) is 5.75 Å². The van der Waals surface area contributed by atoms with Crippen LogP contribution in [0.3, 0.4) is 0 Å². The highest BCUT2D eigenvalue weighted by Crippen LogP contribution is 2.28. The highest BCUT2D eigenvalue weighted by Gasteiger charge is 2.32. The minimum atomic E-state index is -4.97. The molecule has 212 valence electrons. The second-order valence-electron chi connectivity index (χ2n) is 10.2. The second kappa shape index (κ2) is 13.7. The van der Waals surface area contributed by atoms with Gasteiger partial charge in [-0.25, -0.2) is 8.78 Å². The molecule has 0 N–H and O–H groups in total. The number of pyridine rings is 1. The van der Waals surface area contributed by atoms with Gasteiger partial charge in [-0.15, -0.1) is 13.2 Å². The molecule has 7 heteroatoms. The predicted molar refractivity (Wildman–Crippen MR) is 149 cm³/mol. The number of hydrogen-bond acceptors (Lipinski definition) is 2. The summed E-state index contributed by atoms with van der Waals surface area (Å²) in [5.41, 5.74) is 4.32. The van der Waals surface area contributed by atoms with Crippen LogP contribution in [0.25, 0.3) is 10.8 Å². The van der Waals surface area contributed by atoms with E-state index in [4.69, 9.17) is 0 Å². The highest BCUT2D eigenvalue weighted by atomic mass is 19.4. The first kappa shape index (κ1) is 29.5. The maximum Gasteiger partial charge on any atom is 0.573 e. The van der Waals surface area contributed by atoms with Gasteiger partial charge in [0.25, 0.3) is 0 Å². The third kappa shape index (κ3) is 8.51. The molecule has 1 heterocycles. The topological polar surface area (TPSA) is 22.1 Å². The minimum Gasteiger partial charge on any atom is -0.403 e. The Balaban J connectivity index is 1.32. The lowest BCUT2D eigenvalue weighted by Crippen LogP contribution is -2.18. The number of nitrogens with zero attached hydrogens (tertiary/aromatic N) is 1. The highest BCUT2D eigenvalue weighted by molar-refractivity contribution is 5.84. The predicted octanol–water partition coefficient (Wildman–Crippen LogP) is 9.49. The molecule has 4 aromatic rings. The molecule has 0 aliphatic rings. The average molecular weight is 556 g/mol. The summed E-state index contributed by atoms with van der Waals surface area (Å²) < 4.78 is 69.9. The van der Waals surface area contributed by atoms with E-state index in [-0.39, 0.29) is 18.7 Å². The third-order valence-electron chi connectivity index (χ3n) is 7.13. The molecule has 2 nitrogen and oxygen atoms in total. The normalized spacial score (nSPS) is 11.8. The van der Waals surface area contributed by atoms with Gasteiger partial charge in [0.05, 0.1) is 0 Å². The first-order valence-corrected chi connectivity index (χ1v) is 13.9. The Morgan fingerprint density at radius 2 is 1.43 bits per heavy atom. The van der Waals surface area contributed by atoms with E-state index < -0.39 is 17.9 Å². The van der Waals surface area contributed by atoms with Gasteiger partial charge in [-0.2, -0.15) is 0 Å². The fourth-order valence-corrected chi connectivity index (χ4v) is 4.88. The van der Waals surface area contributed by atoms with Crippen LogP contribution in [-0.4, -0.2) is 11.3 Å². The Morgan fingerprint density at radius 3 is 2.15 bits per heavy atom. The van der Waals surface area contributed by atoms with Crippen LogP contribution in [-0.2, 0) is 32.1 Å². The van der Waals surface area contributed by atoms with Crippen molar-refractivity contribution < 1.29 is 26.7 Å². The average Bonchev–Trinajstić information content (AvgIpc) is 2.93. The molecule has 40 heavy (non-hydrogen) atoms. The molecule has 0 unspecified atom stereocenters. The Hall–Kier alpha value is -3.48. The van der Waals surface area contributed by atoms with Crippen LogP contribution in [0.1, 0.15) is 67.0 Å². The van der Waals surface area contributed by atoms with Gasteiger partial charge in [0.2, 0.25) is 0 Å². The number of hydrogen-bond donors (Lipinski definition) is 0. The number of benzene rings is 3. The van der Waals surface area contributed by atoms with Crippen molar-refractivity contribution in [3.05, 3.63) is 106 Å². The molecule has 3 aromatic carbocycles. The summed E-state index contributed by atoms with van der Waals surface area (Å²) in [5.74, 6) is -2.33. The molecule has 0 amide bonds. The summed E-state index contributed by atoms with van der Waals surface area (Å²) in [5, 5.41) is 1.30. The molecule has 0 saturated carbocycles. The van der Waals surface area contributed by atoms with Crippen LogP contribution in [0.2, 0.25) is 0 Å².